The molecule has 3 fully saturated rings. The average molecular weight is 405 g/mol. The van der Waals surface area contributed by atoms with Crippen molar-refractivity contribution in [2.45, 2.75) is 77.4 Å². The number of aliphatic hydroxyl groups is 2. The molecule has 2 N–H and O–H groups in total. The molecule has 0 spiro atoms. The molecule has 0 saturated heterocycles. The van der Waals surface area contributed by atoms with Gasteiger partial charge in [-0.15, -0.1) is 0 Å². The molecule has 29 heavy (non-hydrogen) atoms. The van der Waals surface area contributed by atoms with Crippen LogP contribution in [-0.2, 0) is 19.1 Å². The number of ether oxygens (including phenoxy) is 1. The van der Waals surface area contributed by atoms with E-state index in [0.29, 0.717) is 18.8 Å². The van der Waals surface area contributed by atoms with Crippen LogP contribution in [0.1, 0.15) is 65.7 Å². The van der Waals surface area contributed by atoms with Crippen LogP contribution in [-0.4, -0.2) is 46.1 Å². The maximum atomic E-state index is 12.5. The molecule has 4 rings (SSSR count). The lowest BCUT2D eigenvalue weighted by atomic mass is 9.45. The van der Waals surface area contributed by atoms with E-state index in [2.05, 4.69) is 6.92 Å². The van der Waals surface area contributed by atoms with Crippen molar-refractivity contribution in [1.29, 1.82) is 0 Å². The first-order valence-corrected chi connectivity index (χ1v) is 10.9. The first-order valence-electron chi connectivity index (χ1n) is 10.9. The quantitative estimate of drug-likeness (QED) is 0.701. The Balaban J connectivity index is 1.71. The number of fused-ring (bicyclic) bond motifs is 5. The Labute approximate surface area is 171 Å². The Bertz CT molecular complexity index is 786. The lowest BCUT2D eigenvalue weighted by Gasteiger charge is -2.60. The smallest absolute Gasteiger partial charge is 0.302 e. The molecule has 4 aliphatic carbocycles. The number of carbonyl (C=O) groups is 3. The number of esters is 1. The molecule has 7 atom stereocenters. The van der Waals surface area contributed by atoms with Crippen LogP contribution in [0.5, 0.6) is 0 Å². The molecule has 0 bridgehead atoms. The summed E-state index contributed by atoms with van der Waals surface area (Å²) in [6.45, 7) is 4.91. The molecule has 0 amide bonds. The highest BCUT2D eigenvalue weighted by atomic mass is 16.5. The molecule has 0 aromatic carbocycles. The van der Waals surface area contributed by atoms with Gasteiger partial charge in [0, 0.05) is 24.2 Å². The third kappa shape index (κ3) is 2.71. The van der Waals surface area contributed by atoms with E-state index < -0.39 is 29.5 Å². The fourth-order valence-corrected chi connectivity index (χ4v) is 7.55. The number of ketones is 2. The predicted molar refractivity (Wildman–Crippen MR) is 105 cm³/mol. The highest BCUT2D eigenvalue weighted by Crippen LogP contribution is 2.67. The van der Waals surface area contributed by atoms with Gasteiger partial charge in [0.15, 0.2) is 11.6 Å². The van der Waals surface area contributed by atoms with Gasteiger partial charge in [-0.05, 0) is 62.4 Å². The molecular formula is C23H32O6. The van der Waals surface area contributed by atoms with E-state index in [1.807, 2.05) is 6.92 Å². The molecule has 3 saturated carbocycles. The third-order valence-electron chi connectivity index (χ3n) is 9.10. The number of rotatable bonds is 3. The molecule has 0 radical (unpaired) electrons. The molecule has 6 nitrogen and oxygen atoms in total. The second kappa shape index (κ2) is 6.74. The van der Waals surface area contributed by atoms with E-state index in [4.69, 9.17) is 4.74 Å². The molecule has 0 heterocycles. The second-order valence-corrected chi connectivity index (χ2v) is 10.1. The molecule has 0 aromatic heterocycles. The Kier molecular flexibility index (Phi) is 4.82. The van der Waals surface area contributed by atoms with Crippen molar-refractivity contribution in [1.82, 2.24) is 0 Å². The molecule has 160 valence electrons. The lowest BCUT2D eigenvalue weighted by molar-refractivity contribution is -0.175. The van der Waals surface area contributed by atoms with Crippen molar-refractivity contribution < 1.29 is 29.3 Å². The highest BCUT2D eigenvalue weighted by molar-refractivity contribution is 5.92. The van der Waals surface area contributed by atoms with Crippen LogP contribution in [0.15, 0.2) is 11.6 Å². The standard InChI is InChI=1S/C23H32O6/c1-13(25)29-20-11-15(26)10-14-4-5-16-17-7-9-23(28,19(27)12-24)21(17,2)8-6-18(16)22(14,20)3/h10,16-18,20,24,28H,4-9,11-12H2,1-3H3/t16-,17+,18+,20?,21+,22+,23+/m1/s1. The van der Waals surface area contributed by atoms with Crippen molar-refractivity contribution in [3.05, 3.63) is 11.6 Å². The monoisotopic (exact) mass is 404 g/mol. The van der Waals surface area contributed by atoms with Gasteiger partial charge in [-0.2, -0.15) is 0 Å². The summed E-state index contributed by atoms with van der Waals surface area (Å²) >= 11 is 0. The summed E-state index contributed by atoms with van der Waals surface area (Å²) in [7, 11) is 0. The van der Waals surface area contributed by atoms with Gasteiger partial charge in [0.25, 0.3) is 0 Å². The second-order valence-electron chi connectivity index (χ2n) is 10.1. The van der Waals surface area contributed by atoms with Crippen molar-refractivity contribution in [3.63, 3.8) is 0 Å². The molecule has 6 heteroatoms. The van der Waals surface area contributed by atoms with E-state index >= 15 is 0 Å². The van der Waals surface area contributed by atoms with Gasteiger partial charge in [0.05, 0.1) is 0 Å². The van der Waals surface area contributed by atoms with Gasteiger partial charge in [0.1, 0.15) is 18.3 Å². The van der Waals surface area contributed by atoms with Crippen LogP contribution in [0.3, 0.4) is 0 Å². The largest absolute Gasteiger partial charge is 0.461 e. The first kappa shape index (κ1) is 20.7. The van der Waals surface area contributed by atoms with E-state index in [1.54, 1.807) is 6.08 Å². The minimum absolute atomic E-state index is 0.0200. The Morgan fingerprint density at radius 1 is 1.17 bits per heavy atom. The number of carbonyl (C=O) groups excluding carboxylic acids is 3. The van der Waals surface area contributed by atoms with Crippen molar-refractivity contribution >= 4 is 17.5 Å². The van der Waals surface area contributed by atoms with Crippen LogP contribution in [0.4, 0.5) is 0 Å². The Morgan fingerprint density at radius 2 is 1.86 bits per heavy atom. The highest BCUT2D eigenvalue weighted by Gasteiger charge is 2.67. The van der Waals surface area contributed by atoms with Gasteiger partial charge in [0.2, 0.25) is 0 Å². The number of hydrogen-bond donors (Lipinski definition) is 2. The summed E-state index contributed by atoms with van der Waals surface area (Å²) in [5.41, 5.74) is -1.31. The van der Waals surface area contributed by atoms with Crippen LogP contribution < -0.4 is 0 Å². The molecule has 1 unspecified atom stereocenters. The third-order valence-corrected chi connectivity index (χ3v) is 9.10. The van der Waals surface area contributed by atoms with Gasteiger partial charge in [-0.1, -0.05) is 19.4 Å². The summed E-state index contributed by atoms with van der Waals surface area (Å²) in [5, 5.41) is 20.7. The maximum absolute atomic E-state index is 12.5. The van der Waals surface area contributed by atoms with Gasteiger partial charge < -0.3 is 14.9 Å². The average Bonchev–Trinajstić information content (AvgIpc) is 2.94. The van der Waals surface area contributed by atoms with Gasteiger partial charge in [-0.3, -0.25) is 14.4 Å². The summed E-state index contributed by atoms with van der Waals surface area (Å²) in [5.74, 6) is -0.101. The van der Waals surface area contributed by atoms with Crippen molar-refractivity contribution in [3.8, 4) is 0 Å². The zero-order valence-corrected chi connectivity index (χ0v) is 17.6. The van der Waals surface area contributed by atoms with Crippen molar-refractivity contribution in [2.75, 3.05) is 6.61 Å². The Hall–Kier alpha value is -1.53. The first-order chi connectivity index (χ1) is 13.6. The van der Waals surface area contributed by atoms with Crippen LogP contribution in [0, 0.1) is 28.6 Å². The van der Waals surface area contributed by atoms with Gasteiger partial charge in [-0.25, -0.2) is 0 Å². The Morgan fingerprint density at radius 3 is 2.52 bits per heavy atom. The van der Waals surface area contributed by atoms with Crippen molar-refractivity contribution in [2.24, 2.45) is 28.6 Å². The molecule has 4 aliphatic rings. The topological polar surface area (TPSA) is 101 Å². The number of aliphatic hydroxyl groups excluding tert-OH is 1. The molecule has 0 aromatic rings. The SMILES string of the molecule is CC(=O)OC1CC(=O)C=C2CC[C@@H]3[C@@H]4CC[C@](O)(C(=O)CO)[C@@]4(C)CC[C@@H]3[C@]21C. The van der Waals surface area contributed by atoms with Crippen LogP contribution in [0.2, 0.25) is 0 Å². The van der Waals surface area contributed by atoms with E-state index in [1.165, 1.54) is 6.92 Å². The van der Waals surface area contributed by atoms with Crippen LogP contribution >= 0.6 is 0 Å². The summed E-state index contributed by atoms with van der Waals surface area (Å²) < 4.78 is 5.68. The minimum atomic E-state index is -1.47. The zero-order chi connectivity index (χ0) is 21.2. The fourth-order valence-electron chi connectivity index (χ4n) is 7.55. The minimum Gasteiger partial charge on any atom is -0.461 e. The zero-order valence-electron chi connectivity index (χ0n) is 17.6. The summed E-state index contributed by atoms with van der Waals surface area (Å²) in [4.78, 5) is 36.5. The molecule has 0 aliphatic heterocycles. The van der Waals surface area contributed by atoms with Gasteiger partial charge >= 0.3 is 5.97 Å². The van der Waals surface area contributed by atoms with E-state index in [9.17, 15) is 24.6 Å². The summed E-state index contributed by atoms with van der Waals surface area (Å²) in [6.07, 6.45) is 5.86. The lowest BCUT2D eigenvalue weighted by Crippen LogP contribution is -2.60. The number of Topliss-reactive ketones (excluding diaryl/α,β-unsaturated/α-hetero) is 1. The fraction of sp³-hybridized carbons (Fsp3) is 0.783. The molecular weight excluding hydrogens is 372 g/mol. The predicted octanol–water partition coefficient (Wildman–Crippen LogP) is 2.35. The normalized spacial score (nSPS) is 46.2. The van der Waals surface area contributed by atoms with E-state index in [-0.39, 0.29) is 35.4 Å². The maximum Gasteiger partial charge on any atom is 0.302 e. The van der Waals surface area contributed by atoms with Crippen LogP contribution in [0.25, 0.3) is 0 Å². The summed E-state index contributed by atoms with van der Waals surface area (Å²) in [6, 6.07) is 0. The van der Waals surface area contributed by atoms with E-state index in [0.717, 1.165) is 31.3 Å². The number of hydrogen-bond acceptors (Lipinski definition) is 6.